The standard InChI is InChI=1S/C34H57NO6/c1-5-6-7-8-9-10-11-12-13-14-15-16-17-18-19-20-21-22-23-24-25-26-33(37)41-30-31(36)29-40-28-27-32(34(38)39)35(2,3)4/h9-10,12-13,15-16,18-19,21-22,31-32,36H,5-8,11,14,17,20,23-30H2,1-4H3/p+1/b10-9+,13-12+,16-15+,19-18+,22-21+. The number of hydrogen-bond donors (Lipinski definition) is 2. The fraction of sp³-hybridized carbons (Fsp3) is 0.647. The lowest BCUT2D eigenvalue weighted by Gasteiger charge is -2.31. The number of hydrogen-bond acceptors (Lipinski definition) is 5. The molecule has 0 aliphatic carbocycles. The number of nitrogens with zero attached hydrogens (tertiary/aromatic N) is 1. The molecule has 2 atom stereocenters. The molecular formula is C34H58NO6+. The monoisotopic (exact) mass is 576 g/mol. The predicted molar refractivity (Wildman–Crippen MR) is 169 cm³/mol. The van der Waals surface area contributed by atoms with Crippen molar-refractivity contribution in [2.45, 2.75) is 103 Å². The van der Waals surface area contributed by atoms with Gasteiger partial charge in [0.05, 0.1) is 34.4 Å². The maximum absolute atomic E-state index is 11.9. The Morgan fingerprint density at radius 2 is 1.22 bits per heavy atom. The van der Waals surface area contributed by atoms with Crippen molar-refractivity contribution in [1.82, 2.24) is 0 Å². The van der Waals surface area contributed by atoms with Gasteiger partial charge in [-0.25, -0.2) is 4.79 Å². The van der Waals surface area contributed by atoms with E-state index in [2.05, 4.69) is 67.7 Å². The number of carbonyl (C=O) groups is 2. The van der Waals surface area contributed by atoms with Gasteiger partial charge in [-0.3, -0.25) is 4.79 Å². The second-order valence-electron chi connectivity index (χ2n) is 11.2. The number of ether oxygens (including phenoxy) is 2. The first-order valence-electron chi connectivity index (χ1n) is 15.4. The van der Waals surface area contributed by atoms with Gasteiger partial charge in [-0.05, 0) is 57.8 Å². The molecule has 0 amide bonds. The summed E-state index contributed by atoms with van der Waals surface area (Å²) < 4.78 is 10.8. The average Bonchev–Trinajstić information content (AvgIpc) is 2.91. The molecule has 2 unspecified atom stereocenters. The molecule has 7 nitrogen and oxygen atoms in total. The van der Waals surface area contributed by atoms with Crippen molar-refractivity contribution in [1.29, 1.82) is 0 Å². The minimum absolute atomic E-state index is 0.000989. The molecule has 2 N–H and O–H groups in total. The summed E-state index contributed by atoms with van der Waals surface area (Å²) in [6, 6.07) is -0.584. The van der Waals surface area contributed by atoms with Crippen LogP contribution in [0.2, 0.25) is 0 Å². The quantitative estimate of drug-likeness (QED) is 0.0502. The first-order valence-corrected chi connectivity index (χ1v) is 15.4. The van der Waals surface area contributed by atoms with Crippen molar-refractivity contribution in [2.75, 3.05) is 41.0 Å². The van der Waals surface area contributed by atoms with Gasteiger partial charge in [0.1, 0.15) is 12.7 Å². The fourth-order valence-electron chi connectivity index (χ4n) is 3.93. The van der Waals surface area contributed by atoms with Crippen LogP contribution in [-0.2, 0) is 19.1 Å². The van der Waals surface area contributed by atoms with Crippen molar-refractivity contribution >= 4 is 11.9 Å². The molecule has 0 saturated heterocycles. The zero-order valence-corrected chi connectivity index (χ0v) is 26.2. The van der Waals surface area contributed by atoms with E-state index >= 15 is 0 Å². The number of carboxylic acids is 1. The summed E-state index contributed by atoms with van der Waals surface area (Å²) in [5, 5.41) is 19.2. The van der Waals surface area contributed by atoms with Gasteiger partial charge in [0, 0.05) is 12.8 Å². The minimum Gasteiger partial charge on any atom is -0.477 e. The number of quaternary nitrogens is 1. The van der Waals surface area contributed by atoms with Crippen molar-refractivity contribution in [3.8, 4) is 0 Å². The molecule has 0 aromatic rings. The highest BCUT2D eigenvalue weighted by Gasteiger charge is 2.30. The van der Waals surface area contributed by atoms with Crippen LogP contribution in [0.25, 0.3) is 0 Å². The Balaban J connectivity index is 3.69. The Kier molecular flexibility index (Phi) is 24.8. The maximum Gasteiger partial charge on any atom is 0.362 e. The number of likely N-dealkylation sites (N-methyl/N-ethyl adjacent to an activating group) is 1. The Hall–Kier alpha value is -2.48. The number of rotatable bonds is 26. The number of aliphatic carboxylic acids is 1. The van der Waals surface area contributed by atoms with Crippen LogP contribution in [0.15, 0.2) is 60.8 Å². The molecule has 0 aliphatic rings. The van der Waals surface area contributed by atoms with E-state index in [1.165, 1.54) is 25.7 Å². The van der Waals surface area contributed by atoms with Crippen molar-refractivity contribution < 1.29 is 33.8 Å². The first-order chi connectivity index (χ1) is 19.7. The highest BCUT2D eigenvalue weighted by atomic mass is 16.5. The predicted octanol–water partition coefficient (Wildman–Crippen LogP) is 6.94. The van der Waals surface area contributed by atoms with Gasteiger partial charge in [0.15, 0.2) is 6.04 Å². The van der Waals surface area contributed by atoms with E-state index < -0.39 is 18.1 Å². The zero-order valence-electron chi connectivity index (χ0n) is 26.2. The van der Waals surface area contributed by atoms with Crippen LogP contribution in [0, 0.1) is 0 Å². The van der Waals surface area contributed by atoms with Crippen LogP contribution in [0.5, 0.6) is 0 Å². The number of aliphatic hydroxyl groups excluding tert-OH is 1. The summed E-state index contributed by atoms with van der Waals surface area (Å²) in [6.07, 6.45) is 33.3. The van der Waals surface area contributed by atoms with Gasteiger partial charge < -0.3 is 24.2 Å². The van der Waals surface area contributed by atoms with Crippen molar-refractivity contribution in [3.05, 3.63) is 60.8 Å². The number of carboxylic acid groups (broad SMARTS) is 1. The van der Waals surface area contributed by atoms with E-state index in [9.17, 15) is 19.8 Å². The lowest BCUT2D eigenvalue weighted by Crippen LogP contribution is -2.50. The van der Waals surface area contributed by atoms with Crippen molar-refractivity contribution in [2.24, 2.45) is 0 Å². The Morgan fingerprint density at radius 3 is 1.68 bits per heavy atom. The van der Waals surface area contributed by atoms with E-state index in [1.54, 1.807) is 0 Å². The molecule has 234 valence electrons. The van der Waals surface area contributed by atoms with E-state index in [0.29, 0.717) is 17.3 Å². The van der Waals surface area contributed by atoms with Crippen LogP contribution in [-0.4, -0.2) is 79.7 Å². The van der Waals surface area contributed by atoms with Crippen LogP contribution in [0.4, 0.5) is 0 Å². The molecule has 0 radical (unpaired) electrons. The highest BCUT2D eigenvalue weighted by molar-refractivity contribution is 5.72. The SMILES string of the molecule is CCCCC/C=C/C/C=C/C/C=C/C/C=C/C/C=C/CCCCC(=O)OCC(O)COCCC(C(=O)O)[N+](C)(C)C. The molecule has 41 heavy (non-hydrogen) atoms. The van der Waals surface area contributed by atoms with Gasteiger partial charge >= 0.3 is 11.9 Å². The Morgan fingerprint density at radius 1 is 0.732 bits per heavy atom. The number of allylic oxidation sites excluding steroid dienone is 10. The molecule has 0 heterocycles. The summed E-state index contributed by atoms with van der Waals surface area (Å²) in [5.74, 6) is -1.21. The lowest BCUT2D eigenvalue weighted by molar-refractivity contribution is -0.887. The average molecular weight is 577 g/mol. The summed E-state index contributed by atoms with van der Waals surface area (Å²) in [5.41, 5.74) is 0. The topological polar surface area (TPSA) is 93.1 Å². The molecular weight excluding hydrogens is 518 g/mol. The zero-order chi connectivity index (χ0) is 30.6. The minimum atomic E-state index is -0.924. The lowest BCUT2D eigenvalue weighted by atomic mass is 10.1. The van der Waals surface area contributed by atoms with E-state index in [-0.39, 0.29) is 25.8 Å². The Labute approximate surface area is 249 Å². The van der Waals surface area contributed by atoms with Gasteiger partial charge in [-0.15, -0.1) is 0 Å². The van der Waals surface area contributed by atoms with Gasteiger partial charge in [0.2, 0.25) is 0 Å². The molecule has 7 heteroatoms. The van der Waals surface area contributed by atoms with Gasteiger partial charge in [-0.2, -0.15) is 0 Å². The normalized spacial score (nSPS) is 14.3. The second kappa shape index (κ2) is 26.4. The maximum atomic E-state index is 11.9. The van der Waals surface area contributed by atoms with E-state index in [4.69, 9.17) is 9.47 Å². The molecule has 0 fully saturated rings. The molecule has 0 aromatic carbocycles. The number of carbonyl (C=O) groups excluding carboxylic acids is 1. The van der Waals surface area contributed by atoms with Gasteiger partial charge in [0.25, 0.3) is 0 Å². The first kappa shape index (κ1) is 38.5. The molecule has 0 saturated carbocycles. The van der Waals surface area contributed by atoms with E-state index in [0.717, 1.165) is 44.9 Å². The third kappa shape index (κ3) is 26.2. The van der Waals surface area contributed by atoms with Crippen LogP contribution in [0.1, 0.15) is 90.4 Å². The molecule has 0 rings (SSSR count). The Bertz CT molecular complexity index is 807. The summed E-state index contributed by atoms with van der Waals surface area (Å²) in [7, 11) is 5.45. The molecule has 0 aliphatic heterocycles. The smallest absolute Gasteiger partial charge is 0.362 e. The number of unbranched alkanes of at least 4 members (excludes halogenated alkanes) is 5. The van der Waals surface area contributed by atoms with Crippen molar-refractivity contribution in [3.63, 3.8) is 0 Å². The number of esters is 1. The van der Waals surface area contributed by atoms with Crippen LogP contribution >= 0.6 is 0 Å². The van der Waals surface area contributed by atoms with Crippen LogP contribution in [0.3, 0.4) is 0 Å². The number of aliphatic hydroxyl groups is 1. The third-order valence-corrected chi connectivity index (χ3v) is 6.40. The molecule has 0 aromatic heterocycles. The highest BCUT2D eigenvalue weighted by Crippen LogP contribution is 2.09. The summed E-state index contributed by atoms with van der Waals surface area (Å²) in [6.45, 7) is 2.33. The molecule has 0 spiro atoms. The fourth-order valence-corrected chi connectivity index (χ4v) is 3.93. The second-order valence-corrected chi connectivity index (χ2v) is 11.2. The largest absolute Gasteiger partial charge is 0.477 e. The summed E-state index contributed by atoms with van der Waals surface area (Å²) in [4.78, 5) is 23.2. The van der Waals surface area contributed by atoms with Crippen LogP contribution < -0.4 is 0 Å². The summed E-state index contributed by atoms with van der Waals surface area (Å²) >= 11 is 0. The molecule has 0 bridgehead atoms. The third-order valence-electron chi connectivity index (χ3n) is 6.40. The van der Waals surface area contributed by atoms with E-state index in [1.807, 2.05) is 21.1 Å². The van der Waals surface area contributed by atoms with Gasteiger partial charge in [-0.1, -0.05) is 80.5 Å².